The molecule has 0 atom stereocenters. The van der Waals surface area contributed by atoms with Crippen molar-refractivity contribution in [3.05, 3.63) is 24.3 Å². The van der Waals surface area contributed by atoms with Crippen LogP contribution >= 0.6 is 0 Å². The highest BCUT2D eigenvalue weighted by Gasteiger charge is 2.16. The number of benzene rings is 1. The predicted octanol–water partition coefficient (Wildman–Crippen LogP) is 1.82. The van der Waals surface area contributed by atoms with Crippen LogP contribution in [0.1, 0.15) is 20.8 Å². The highest BCUT2D eigenvalue weighted by Crippen LogP contribution is 2.20. The zero-order valence-corrected chi connectivity index (χ0v) is 12.5. The third-order valence-electron chi connectivity index (χ3n) is 2.38. The Morgan fingerprint density at radius 1 is 1.26 bits per heavy atom. The molecule has 0 aliphatic carbocycles. The summed E-state index contributed by atoms with van der Waals surface area (Å²) in [7, 11) is -3.45. The Morgan fingerprint density at radius 3 is 2.58 bits per heavy atom. The predicted molar refractivity (Wildman–Crippen MR) is 76.9 cm³/mol. The van der Waals surface area contributed by atoms with Gasteiger partial charge in [-0.3, -0.25) is 0 Å². The van der Waals surface area contributed by atoms with Crippen molar-refractivity contribution in [2.24, 2.45) is 0 Å². The van der Waals surface area contributed by atoms with Crippen LogP contribution < -0.4 is 10.0 Å². The van der Waals surface area contributed by atoms with Gasteiger partial charge in [0.15, 0.2) is 0 Å². The van der Waals surface area contributed by atoms with Gasteiger partial charge < -0.3 is 10.1 Å². The van der Waals surface area contributed by atoms with E-state index >= 15 is 0 Å². The Bertz CT molecular complexity index is 486. The molecule has 6 heteroatoms. The maximum absolute atomic E-state index is 12.0. The van der Waals surface area contributed by atoms with E-state index in [4.69, 9.17) is 4.74 Å². The molecule has 0 radical (unpaired) electrons. The van der Waals surface area contributed by atoms with Crippen LogP contribution in [0.15, 0.2) is 29.2 Å². The molecule has 0 saturated heterocycles. The number of nitrogens with one attached hydrogen (secondary N) is 2. The molecule has 0 aromatic heterocycles. The summed E-state index contributed by atoms with van der Waals surface area (Å²) in [5.74, 6) is 0. The molecular weight excluding hydrogens is 264 g/mol. The smallest absolute Gasteiger partial charge is 0.242 e. The monoisotopic (exact) mass is 286 g/mol. The SMILES string of the molecule is CCNS(=O)(=O)c1ccccc1NCCOC(C)C. The van der Waals surface area contributed by atoms with E-state index in [2.05, 4.69) is 10.0 Å². The van der Waals surface area contributed by atoms with Crippen molar-refractivity contribution < 1.29 is 13.2 Å². The lowest BCUT2D eigenvalue weighted by Gasteiger charge is -2.13. The van der Waals surface area contributed by atoms with Crippen molar-refractivity contribution in [2.75, 3.05) is 25.0 Å². The van der Waals surface area contributed by atoms with Crippen LogP contribution in [0.4, 0.5) is 5.69 Å². The van der Waals surface area contributed by atoms with Crippen molar-refractivity contribution in [3.63, 3.8) is 0 Å². The van der Waals surface area contributed by atoms with Gasteiger partial charge in [-0.15, -0.1) is 0 Å². The fourth-order valence-electron chi connectivity index (χ4n) is 1.60. The summed E-state index contributed by atoms with van der Waals surface area (Å²) < 4.78 is 31.9. The van der Waals surface area contributed by atoms with E-state index in [1.165, 1.54) is 0 Å². The summed E-state index contributed by atoms with van der Waals surface area (Å²) in [6, 6.07) is 6.85. The van der Waals surface area contributed by atoms with Crippen LogP contribution in [0.5, 0.6) is 0 Å². The zero-order chi connectivity index (χ0) is 14.3. The lowest BCUT2D eigenvalue weighted by Crippen LogP contribution is -2.24. The summed E-state index contributed by atoms with van der Waals surface area (Å²) in [5, 5.41) is 3.09. The van der Waals surface area contributed by atoms with Gasteiger partial charge in [0.2, 0.25) is 10.0 Å². The van der Waals surface area contributed by atoms with Gasteiger partial charge in [-0.1, -0.05) is 19.1 Å². The molecule has 0 saturated carbocycles. The minimum Gasteiger partial charge on any atom is -0.382 e. The van der Waals surface area contributed by atoms with Gasteiger partial charge >= 0.3 is 0 Å². The molecule has 5 nitrogen and oxygen atoms in total. The van der Waals surface area contributed by atoms with Crippen molar-refractivity contribution >= 4 is 15.7 Å². The normalized spacial score (nSPS) is 11.8. The summed E-state index contributed by atoms with van der Waals surface area (Å²) in [6.45, 7) is 7.15. The number of ether oxygens (including phenoxy) is 1. The van der Waals surface area contributed by atoms with Gasteiger partial charge in [0.05, 0.1) is 18.4 Å². The number of para-hydroxylation sites is 1. The minimum atomic E-state index is -3.45. The third-order valence-corrected chi connectivity index (χ3v) is 3.98. The van der Waals surface area contributed by atoms with Gasteiger partial charge in [0.1, 0.15) is 4.90 Å². The number of rotatable bonds is 8. The molecule has 0 bridgehead atoms. The Balaban J connectivity index is 2.74. The molecule has 1 aromatic carbocycles. The lowest BCUT2D eigenvalue weighted by atomic mass is 10.3. The Kier molecular flexibility index (Phi) is 6.27. The van der Waals surface area contributed by atoms with Crippen LogP contribution in [0, 0.1) is 0 Å². The van der Waals surface area contributed by atoms with Gasteiger partial charge in [-0.2, -0.15) is 0 Å². The van der Waals surface area contributed by atoms with E-state index < -0.39 is 10.0 Å². The molecule has 0 unspecified atom stereocenters. The second-order valence-electron chi connectivity index (χ2n) is 4.34. The third kappa shape index (κ3) is 5.18. The highest BCUT2D eigenvalue weighted by molar-refractivity contribution is 7.89. The minimum absolute atomic E-state index is 0.169. The van der Waals surface area contributed by atoms with Crippen LogP contribution in [0.3, 0.4) is 0 Å². The first-order valence-electron chi connectivity index (χ1n) is 6.41. The number of anilines is 1. The van der Waals surface area contributed by atoms with Crippen LogP contribution in [-0.4, -0.2) is 34.2 Å². The fraction of sp³-hybridized carbons (Fsp3) is 0.538. The second kappa shape index (κ2) is 7.47. The molecule has 0 heterocycles. The Labute approximate surface area is 115 Å². The highest BCUT2D eigenvalue weighted by atomic mass is 32.2. The maximum atomic E-state index is 12.0. The van der Waals surface area contributed by atoms with Crippen LogP contribution in [-0.2, 0) is 14.8 Å². The summed E-state index contributed by atoms with van der Waals surface area (Å²) in [6.07, 6.45) is 0.169. The molecule has 0 fully saturated rings. The van der Waals surface area contributed by atoms with Crippen molar-refractivity contribution in [2.45, 2.75) is 31.8 Å². The molecule has 0 aliphatic rings. The molecule has 108 valence electrons. The van der Waals surface area contributed by atoms with Crippen molar-refractivity contribution in [1.29, 1.82) is 0 Å². The lowest BCUT2D eigenvalue weighted by molar-refractivity contribution is 0.0870. The Hall–Kier alpha value is -1.11. The van der Waals surface area contributed by atoms with Crippen molar-refractivity contribution in [1.82, 2.24) is 4.72 Å². The zero-order valence-electron chi connectivity index (χ0n) is 11.6. The maximum Gasteiger partial charge on any atom is 0.242 e. The Morgan fingerprint density at radius 2 is 1.95 bits per heavy atom. The van der Waals surface area contributed by atoms with Crippen molar-refractivity contribution in [3.8, 4) is 0 Å². The molecule has 1 aromatic rings. The topological polar surface area (TPSA) is 67.4 Å². The molecule has 0 spiro atoms. The molecular formula is C13H22N2O3S. The first-order valence-corrected chi connectivity index (χ1v) is 7.90. The van der Waals surface area contributed by atoms with Crippen LogP contribution in [0.2, 0.25) is 0 Å². The average Bonchev–Trinajstić information content (AvgIpc) is 2.35. The molecule has 19 heavy (non-hydrogen) atoms. The van der Waals surface area contributed by atoms with Gasteiger partial charge in [-0.25, -0.2) is 13.1 Å². The number of sulfonamides is 1. The van der Waals surface area contributed by atoms with E-state index in [0.717, 1.165) is 0 Å². The standard InChI is InChI=1S/C13H22N2O3S/c1-4-15-19(16,17)13-8-6-5-7-12(13)14-9-10-18-11(2)3/h5-8,11,14-15H,4,9-10H2,1-3H3. The van der Waals surface area contributed by atoms with Gasteiger partial charge in [-0.05, 0) is 26.0 Å². The molecule has 2 N–H and O–H groups in total. The van der Waals surface area contributed by atoms with Crippen LogP contribution in [0.25, 0.3) is 0 Å². The van der Waals surface area contributed by atoms with E-state index in [-0.39, 0.29) is 11.0 Å². The van der Waals surface area contributed by atoms with Gasteiger partial charge in [0.25, 0.3) is 0 Å². The first-order chi connectivity index (χ1) is 8.97. The first kappa shape index (κ1) is 15.9. The summed E-state index contributed by atoms with van der Waals surface area (Å²) >= 11 is 0. The summed E-state index contributed by atoms with van der Waals surface area (Å²) in [4.78, 5) is 0.265. The molecule has 1 rings (SSSR count). The summed E-state index contributed by atoms with van der Waals surface area (Å²) in [5.41, 5.74) is 0.593. The van der Waals surface area contributed by atoms with E-state index in [9.17, 15) is 8.42 Å². The number of hydrogen-bond donors (Lipinski definition) is 2. The van der Waals surface area contributed by atoms with E-state index in [1.54, 1.807) is 31.2 Å². The quantitative estimate of drug-likeness (QED) is 0.715. The molecule has 0 aliphatic heterocycles. The largest absolute Gasteiger partial charge is 0.382 e. The van der Waals surface area contributed by atoms with E-state index in [1.807, 2.05) is 13.8 Å². The second-order valence-corrected chi connectivity index (χ2v) is 6.08. The fourth-order valence-corrected chi connectivity index (χ4v) is 2.82. The number of hydrogen-bond acceptors (Lipinski definition) is 4. The van der Waals surface area contributed by atoms with Gasteiger partial charge in [0, 0.05) is 13.1 Å². The average molecular weight is 286 g/mol. The van der Waals surface area contributed by atoms with E-state index in [0.29, 0.717) is 25.4 Å². The molecule has 0 amide bonds.